The highest BCUT2D eigenvalue weighted by Gasteiger charge is 2.25. The van der Waals surface area contributed by atoms with E-state index in [1.807, 2.05) is 54.6 Å². The lowest BCUT2D eigenvalue weighted by molar-refractivity contribution is -0.400. The van der Waals surface area contributed by atoms with Gasteiger partial charge >= 0.3 is 11.9 Å². The van der Waals surface area contributed by atoms with E-state index in [1.165, 1.54) is 0 Å². The number of hydrogen-bond acceptors (Lipinski definition) is 4. The number of aliphatic carboxylic acids is 1. The molecule has 0 aliphatic heterocycles. The van der Waals surface area contributed by atoms with Crippen LogP contribution in [0.3, 0.4) is 0 Å². The van der Waals surface area contributed by atoms with Gasteiger partial charge in [0.2, 0.25) is 0 Å². The fourth-order valence-electron chi connectivity index (χ4n) is 3.28. The molecule has 6 nitrogen and oxygen atoms in total. The molecule has 3 aromatic carbocycles. The largest absolute Gasteiger partial charge is 0.481 e. The average Bonchev–Trinajstić information content (AvgIpc) is 3.07. The monoisotopic (exact) mass is 373 g/mol. The summed E-state index contributed by atoms with van der Waals surface area (Å²) in [5, 5.41) is 21.1. The molecular formula is C22H15NO5. The molecule has 1 N–H and O–H groups in total. The minimum Gasteiger partial charge on any atom is -0.481 e. The van der Waals surface area contributed by atoms with Gasteiger partial charge in [-0.1, -0.05) is 60.7 Å². The highest BCUT2D eigenvalue weighted by Crippen LogP contribution is 2.40. The zero-order valence-corrected chi connectivity index (χ0v) is 14.7. The van der Waals surface area contributed by atoms with E-state index in [2.05, 4.69) is 0 Å². The van der Waals surface area contributed by atoms with Crippen LogP contribution in [0.5, 0.6) is 0 Å². The third kappa shape index (κ3) is 3.23. The normalized spacial score (nSPS) is 10.9. The Labute approximate surface area is 159 Å². The Morgan fingerprint density at radius 2 is 1.57 bits per heavy atom. The Morgan fingerprint density at radius 3 is 2.21 bits per heavy atom. The van der Waals surface area contributed by atoms with Gasteiger partial charge in [0, 0.05) is 5.39 Å². The van der Waals surface area contributed by atoms with Gasteiger partial charge in [0.1, 0.15) is 16.1 Å². The van der Waals surface area contributed by atoms with Crippen molar-refractivity contribution in [3.05, 3.63) is 88.5 Å². The Balaban J connectivity index is 1.85. The van der Waals surface area contributed by atoms with Crippen LogP contribution < -0.4 is 0 Å². The number of benzene rings is 3. The van der Waals surface area contributed by atoms with Crippen LogP contribution in [-0.4, -0.2) is 16.0 Å². The minimum absolute atomic E-state index is 0.165. The van der Waals surface area contributed by atoms with Gasteiger partial charge in [0.25, 0.3) is 0 Å². The predicted molar refractivity (Wildman–Crippen MR) is 105 cm³/mol. The second-order valence-corrected chi connectivity index (χ2v) is 6.38. The lowest BCUT2D eigenvalue weighted by Crippen LogP contribution is -1.99. The van der Waals surface area contributed by atoms with Crippen LogP contribution in [0.15, 0.2) is 77.2 Å². The van der Waals surface area contributed by atoms with Crippen molar-refractivity contribution in [3.8, 4) is 22.3 Å². The molecule has 0 bridgehead atoms. The summed E-state index contributed by atoms with van der Waals surface area (Å²) in [7, 11) is 0. The summed E-state index contributed by atoms with van der Waals surface area (Å²) < 4.78 is 5.44. The molecule has 0 saturated carbocycles. The van der Waals surface area contributed by atoms with Crippen LogP contribution in [0.4, 0.5) is 5.88 Å². The fourth-order valence-corrected chi connectivity index (χ4v) is 3.28. The molecule has 1 heterocycles. The summed E-state index contributed by atoms with van der Waals surface area (Å²) in [4.78, 5) is 22.0. The number of fused-ring (bicyclic) bond motifs is 1. The molecule has 4 aromatic rings. The Bertz CT molecular complexity index is 1180. The van der Waals surface area contributed by atoms with Crippen molar-refractivity contribution in [2.24, 2.45) is 0 Å². The maximum Gasteiger partial charge on any atom is 0.442 e. The summed E-state index contributed by atoms with van der Waals surface area (Å²) in [6.07, 6.45) is -0.165. The molecule has 6 heteroatoms. The third-order valence-corrected chi connectivity index (χ3v) is 4.54. The lowest BCUT2D eigenvalue weighted by Gasteiger charge is -2.04. The summed E-state index contributed by atoms with van der Waals surface area (Å²) in [6.45, 7) is 0. The van der Waals surface area contributed by atoms with Crippen LogP contribution in [0, 0.1) is 10.1 Å². The van der Waals surface area contributed by atoms with Crippen molar-refractivity contribution < 1.29 is 19.2 Å². The number of carbonyl (C=O) groups is 1. The number of nitro groups is 1. The van der Waals surface area contributed by atoms with Crippen LogP contribution in [-0.2, 0) is 11.2 Å². The first-order chi connectivity index (χ1) is 13.5. The minimum atomic E-state index is -0.967. The maximum atomic E-state index is 11.5. The van der Waals surface area contributed by atoms with Crippen LogP contribution in [0.2, 0.25) is 0 Å². The second kappa shape index (κ2) is 7.00. The van der Waals surface area contributed by atoms with E-state index in [1.54, 1.807) is 18.2 Å². The Morgan fingerprint density at radius 1 is 0.929 bits per heavy atom. The zero-order chi connectivity index (χ0) is 19.7. The number of hydrogen-bond donors (Lipinski definition) is 1. The van der Waals surface area contributed by atoms with E-state index in [0.29, 0.717) is 27.7 Å². The SMILES string of the molecule is O=C(O)Cc1ccc2oc([N+](=O)[O-])c(-c3ccc(-c4ccccc4)cc3)c2c1. The molecule has 0 aliphatic carbocycles. The maximum absolute atomic E-state index is 11.5. The van der Waals surface area contributed by atoms with E-state index < -0.39 is 10.9 Å². The molecule has 1 aromatic heterocycles. The fraction of sp³-hybridized carbons (Fsp3) is 0.0455. The van der Waals surface area contributed by atoms with Gasteiger partial charge < -0.3 is 9.52 Å². The Hall–Kier alpha value is -3.93. The van der Waals surface area contributed by atoms with Gasteiger partial charge in [-0.2, -0.15) is 0 Å². The molecule has 138 valence electrons. The quantitative estimate of drug-likeness (QED) is 0.378. The van der Waals surface area contributed by atoms with Gasteiger partial charge in [-0.05, 0) is 34.4 Å². The first-order valence-electron chi connectivity index (χ1n) is 8.60. The smallest absolute Gasteiger partial charge is 0.442 e. The second-order valence-electron chi connectivity index (χ2n) is 6.38. The topological polar surface area (TPSA) is 93.6 Å². The highest BCUT2D eigenvalue weighted by molar-refractivity contribution is 5.99. The van der Waals surface area contributed by atoms with Crippen molar-refractivity contribution in [1.82, 2.24) is 0 Å². The van der Waals surface area contributed by atoms with Gasteiger partial charge in [-0.25, -0.2) is 0 Å². The summed E-state index contributed by atoms with van der Waals surface area (Å²) in [5.74, 6) is -1.32. The van der Waals surface area contributed by atoms with Gasteiger partial charge in [0.15, 0.2) is 0 Å². The van der Waals surface area contributed by atoms with E-state index in [-0.39, 0.29) is 12.3 Å². The number of furan rings is 1. The summed E-state index contributed by atoms with van der Waals surface area (Å²) in [6, 6.07) is 22.0. The van der Waals surface area contributed by atoms with Crippen LogP contribution in [0.25, 0.3) is 33.2 Å². The highest BCUT2D eigenvalue weighted by atomic mass is 16.6. The van der Waals surface area contributed by atoms with Crippen LogP contribution in [0.1, 0.15) is 5.56 Å². The number of rotatable bonds is 5. The molecule has 0 saturated heterocycles. The van der Waals surface area contributed by atoms with Gasteiger partial charge in [-0.3, -0.25) is 14.9 Å². The van der Waals surface area contributed by atoms with E-state index >= 15 is 0 Å². The molecule has 0 spiro atoms. The van der Waals surface area contributed by atoms with Crippen LogP contribution >= 0.6 is 0 Å². The van der Waals surface area contributed by atoms with Crippen molar-refractivity contribution in [2.45, 2.75) is 6.42 Å². The van der Waals surface area contributed by atoms with Crippen molar-refractivity contribution >= 4 is 22.8 Å². The van der Waals surface area contributed by atoms with E-state index in [0.717, 1.165) is 11.1 Å². The molecule has 0 unspecified atom stereocenters. The summed E-state index contributed by atoms with van der Waals surface area (Å²) >= 11 is 0. The average molecular weight is 373 g/mol. The van der Waals surface area contributed by atoms with Crippen molar-refractivity contribution in [1.29, 1.82) is 0 Å². The van der Waals surface area contributed by atoms with Crippen molar-refractivity contribution in [3.63, 3.8) is 0 Å². The first-order valence-corrected chi connectivity index (χ1v) is 8.60. The predicted octanol–water partition coefficient (Wildman–Crippen LogP) is 5.30. The number of carboxylic acid groups (broad SMARTS) is 1. The summed E-state index contributed by atoms with van der Waals surface area (Å²) in [5.41, 5.74) is 3.93. The third-order valence-electron chi connectivity index (χ3n) is 4.54. The molecule has 28 heavy (non-hydrogen) atoms. The number of nitrogens with zero attached hydrogens (tertiary/aromatic N) is 1. The van der Waals surface area contributed by atoms with Crippen molar-refractivity contribution in [2.75, 3.05) is 0 Å². The molecule has 0 fully saturated rings. The molecule has 0 aliphatic rings. The molecule has 0 atom stereocenters. The Kier molecular flexibility index (Phi) is 4.37. The molecule has 4 rings (SSSR count). The van der Waals surface area contributed by atoms with E-state index in [4.69, 9.17) is 9.52 Å². The van der Waals surface area contributed by atoms with Gasteiger partial charge in [0.05, 0.1) is 6.42 Å². The van der Waals surface area contributed by atoms with E-state index in [9.17, 15) is 14.9 Å². The molecular weight excluding hydrogens is 358 g/mol. The standard InChI is InChI=1S/C22H15NO5/c24-20(25)13-14-6-11-19-18(12-14)21(22(28-19)23(26)27)17-9-7-16(8-10-17)15-4-2-1-3-5-15/h1-12H,13H2,(H,24,25). The van der Waals surface area contributed by atoms with Gasteiger partial charge in [-0.15, -0.1) is 0 Å². The lowest BCUT2D eigenvalue weighted by atomic mass is 9.98. The zero-order valence-electron chi connectivity index (χ0n) is 14.7. The molecule has 0 radical (unpaired) electrons. The number of carboxylic acids is 1. The first kappa shape index (κ1) is 17.5. The molecule has 0 amide bonds.